The van der Waals surface area contributed by atoms with Gasteiger partial charge in [-0.15, -0.1) is 0 Å². The van der Waals surface area contributed by atoms with Gasteiger partial charge in [0.05, 0.1) is 6.20 Å². The molecule has 1 fully saturated rings. The molecular formula is C23H27FN6. The van der Waals surface area contributed by atoms with Gasteiger partial charge in [0.25, 0.3) is 0 Å². The van der Waals surface area contributed by atoms with Crippen molar-refractivity contribution in [2.24, 2.45) is 11.8 Å². The van der Waals surface area contributed by atoms with Crippen LogP contribution in [0.25, 0.3) is 0 Å². The third-order valence-electron chi connectivity index (χ3n) is 5.58. The lowest BCUT2D eigenvalue weighted by Crippen LogP contribution is -2.49. The molecule has 156 valence electrons. The van der Waals surface area contributed by atoms with Crippen molar-refractivity contribution in [2.75, 3.05) is 28.6 Å². The second-order valence-electron chi connectivity index (χ2n) is 8.14. The van der Waals surface area contributed by atoms with Crippen LogP contribution in [0.15, 0.2) is 55.0 Å². The molecule has 4 rings (SSSR count). The van der Waals surface area contributed by atoms with Crippen LogP contribution in [-0.2, 0) is 0 Å². The van der Waals surface area contributed by atoms with Crippen molar-refractivity contribution < 1.29 is 4.39 Å². The molecule has 30 heavy (non-hydrogen) atoms. The van der Waals surface area contributed by atoms with E-state index in [4.69, 9.17) is 4.98 Å². The molecule has 0 amide bonds. The molecule has 0 unspecified atom stereocenters. The fraction of sp³-hybridized carbons (Fsp3) is 0.348. The lowest BCUT2D eigenvalue weighted by molar-refractivity contribution is 0.310. The van der Waals surface area contributed by atoms with E-state index in [-0.39, 0.29) is 11.9 Å². The average Bonchev–Trinajstić information content (AvgIpc) is 2.67. The quantitative estimate of drug-likeness (QED) is 0.574. The third-order valence-corrected chi connectivity index (χ3v) is 5.58. The minimum atomic E-state index is -0.237. The summed E-state index contributed by atoms with van der Waals surface area (Å²) in [5.74, 6) is 3.25. The van der Waals surface area contributed by atoms with Crippen LogP contribution in [-0.4, -0.2) is 28.0 Å². The van der Waals surface area contributed by atoms with E-state index < -0.39 is 0 Å². The van der Waals surface area contributed by atoms with E-state index in [2.05, 4.69) is 45.4 Å². The van der Waals surface area contributed by atoms with E-state index in [0.29, 0.717) is 23.5 Å². The molecule has 2 aromatic heterocycles. The van der Waals surface area contributed by atoms with Crippen molar-refractivity contribution in [1.82, 2.24) is 15.0 Å². The van der Waals surface area contributed by atoms with Crippen molar-refractivity contribution in [3.8, 4) is 0 Å². The Hall–Kier alpha value is -3.22. The summed E-state index contributed by atoms with van der Waals surface area (Å²) in [6.45, 7) is 8.66. The average molecular weight is 407 g/mol. The van der Waals surface area contributed by atoms with Gasteiger partial charge in [-0.3, -0.25) is 4.98 Å². The molecule has 0 bridgehead atoms. The van der Waals surface area contributed by atoms with Gasteiger partial charge in [0, 0.05) is 49.3 Å². The van der Waals surface area contributed by atoms with Gasteiger partial charge in [-0.1, -0.05) is 26.0 Å². The van der Waals surface area contributed by atoms with Gasteiger partial charge in [-0.25, -0.2) is 14.4 Å². The molecule has 7 heteroatoms. The number of nitrogens with one attached hydrogen (secondary N) is 2. The molecule has 1 atom stereocenters. The second kappa shape index (κ2) is 8.65. The molecular weight excluding hydrogens is 379 g/mol. The summed E-state index contributed by atoms with van der Waals surface area (Å²) in [7, 11) is 0. The van der Waals surface area contributed by atoms with Crippen molar-refractivity contribution >= 4 is 23.1 Å². The number of hydrogen-bond donors (Lipinski definition) is 2. The maximum absolute atomic E-state index is 13.3. The van der Waals surface area contributed by atoms with Gasteiger partial charge in [-0.05, 0) is 36.5 Å². The van der Waals surface area contributed by atoms with E-state index in [9.17, 15) is 4.39 Å². The molecule has 1 aromatic carbocycles. The Morgan fingerprint density at radius 2 is 1.73 bits per heavy atom. The highest BCUT2D eigenvalue weighted by Gasteiger charge is 2.29. The van der Waals surface area contributed by atoms with E-state index >= 15 is 0 Å². The number of pyridine rings is 1. The van der Waals surface area contributed by atoms with Crippen LogP contribution in [0.2, 0.25) is 0 Å². The molecule has 3 heterocycles. The predicted molar refractivity (Wildman–Crippen MR) is 119 cm³/mol. The zero-order chi connectivity index (χ0) is 21.1. The Bertz CT molecular complexity index is 971. The van der Waals surface area contributed by atoms with Crippen molar-refractivity contribution in [3.63, 3.8) is 0 Å². The van der Waals surface area contributed by atoms with Gasteiger partial charge in [-0.2, -0.15) is 0 Å². The summed E-state index contributed by atoms with van der Waals surface area (Å²) in [4.78, 5) is 15.5. The molecule has 3 aromatic rings. The van der Waals surface area contributed by atoms with Crippen LogP contribution >= 0.6 is 0 Å². The zero-order valence-corrected chi connectivity index (χ0v) is 17.5. The lowest BCUT2D eigenvalue weighted by Gasteiger charge is -2.43. The van der Waals surface area contributed by atoms with Crippen LogP contribution in [0.5, 0.6) is 0 Å². The first-order valence-corrected chi connectivity index (χ1v) is 10.3. The Kier molecular flexibility index (Phi) is 5.79. The smallest absolute Gasteiger partial charge is 0.150 e. The van der Waals surface area contributed by atoms with E-state index in [1.54, 1.807) is 30.7 Å². The van der Waals surface area contributed by atoms with Gasteiger partial charge in [0.15, 0.2) is 0 Å². The van der Waals surface area contributed by atoms with E-state index in [0.717, 1.165) is 30.2 Å². The Morgan fingerprint density at radius 3 is 2.40 bits per heavy atom. The van der Waals surface area contributed by atoms with Crippen LogP contribution in [0.4, 0.5) is 27.5 Å². The highest BCUT2D eigenvalue weighted by atomic mass is 19.1. The van der Waals surface area contributed by atoms with Crippen LogP contribution in [0.3, 0.4) is 0 Å². The maximum atomic E-state index is 13.3. The van der Waals surface area contributed by atoms with Gasteiger partial charge < -0.3 is 15.5 Å². The summed E-state index contributed by atoms with van der Waals surface area (Å²) in [5.41, 5.74) is 2.11. The number of nitrogens with zero attached hydrogens (tertiary/aromatic N) is 4. The first-order valence-electron chi connectivity index (χ1n) is 10.3. The van der Waals surface area contributed by atoms with E-state index in [1.807, 2.05) is 13.0 Å². The first-order chi connectivity index (χ1) is 14.5. The van der Waals surface area contributed by atoms with Crippen LogP contribution in [0, 0.1) is 17.7 Å². The zero-order valence-electron chi connectivity index (χ0n) is 17.5. The number of benzene rings is 1. The Morgan fingerprint density at radius 1 is 1.00 bits per heavy atom. The Balaban J connectivity index is 1.57. The number of halogens is 1. The fourth-order valence-electron chi connectivity index (χ4n) is 3.53. The number of rotatable bonds is 7. The molecule has 0 aliphatic carbocycles. The Labute approximate surface area is 176 Å². The molecule has 1 aliphatic heterocycles. The maximum Gasteiger partial charge on any atom is 0.150 e. The summed E-state index contributed by atoms with van der Waals surface area (Å²) >= 11 is 0. The predicted octanol–water partition coefficient (Wildman–Crippen LogP) is 5.02. The number of hydrogen-bond acceptors (Lipinski definition) is 6. The van der Waals surface area contributed by atoms with Gasteiger partial charge in [0.1, 0.15) is 23.3 Å². The minimum Gasteiger partial charge on any atom is -0.371 e. The van der Waals surface area contributed by atoms with Crippen LogP contribution in [0.1, 0.15) is 32.4 Å². The minimum absolute atomic E-state index is 0.0162. The summed E-state index contributed by atoms with van der Waals surface area (Å²) in [6.07, 6.45) is 4.95. The van der Waals surface area contributed by atoms with Crippen LogP contribution < -0.4 is 15.5 Å². The standard InChI is InChI=1S/C23H27FN6/c1-15(2)18-13-30(14-18)20-10-21(27-16(3)17-4-6-19(24)7-5-17)28-22(11-20)29-23-12-25-8-9-26-23/h4-12,15-16,18H,13-14H2,1-3H3,(H2,26,27,28,29)/t16-/m0/s1. The normalized spacial score (nSPS) is 15.0. The van der Waals surface area contributed by atoms with E-state index in [1.165, 1.54) is 12.1 Å². The third kappa shape index (κ3) is 4.67. The highest BCUT2D eigenvalue weighted by Crippen LogP contribution is 2.33. The molecule has 1 aliphatic rings. The lowest BCUT2D eigenvalue weighted by atomic mass is 9.88. The SMILES string of the molecule is CC(C)C1CN(c2cc(Nc3cnccn3)nc(N[C@@H](C)c3ccc(F)cc3)c2)C1. The summed E-state index contributed by atoms with van der Waals surface area (Å²) in [6, 6.07) is 10.6. The van der Waals surface area contributed by atoms with Crippen molar-refractivity contribution in [2.45, 2.75) is 26.8 Å². The highest BCUT2D eigenvalue weighted by molar-refractivity contribution is 5.65. The molecule has 0 spiro atoms. The largest absolute Gasteiger partial charge is 0.371 e. The second-order valence-corrected chi connectivity index (χ2v) is 8.14. The molecule has 2 N–H and O–H groups in total. The number of anilines is 4. The summed E-state index contributed by atoms with van der Waals surface area (Å²) in [5, 5.41) is 6.69. The monoisotopic (exact) mass is 406 g/mol. The molecule has 0 radical (unpaired) electrons. The molecule has 1 saturated heterocycles. The topological polar surface area (TPSA) is 66.0 Å². The molecule has 0 saturated carbocycles. The summed E-state index contributed by atoms with van der Waals surface area (Å²) < 4.78 is 13.3. The van der Waals surface area contributed by atoms with Gasteiger partial charge >= 0.3 is 0 Å². The first kappa shape index (κ1) is 20.1. The van der Waals surface area contributed by atoms with Crippen molar-refractivity contribution in [1.29, 1.82) is 0 Å². The number of aromatic nitrogens is 3. The van der Waals surface area contributed by atoms with Crippen molar-refractivity contribution in [3.05, 3.63) is 66.4 Å². The molecule has 6 nitrogen and oxygen atoms in total. The fourth-order valence-corrected chi connectivity index (χ4v) is 3.53. The van der Waals surface area contributed by atoms with Gasteiger partial charge in [0.2, 0.25) is 0 Å².